The number of hydrogen-bond donors (Lipinski definition) is 2. The number of carbonyl (C=O) groups excluding carboxylic acids is 1. The zero-order chi connectivity index (χ0) is 21.7. The number of hydrogen-bond acceptors (Lipinski definition) is 7. The highest BCUT2D eigenvalue weighted by molar-refractivity contribution is 7.91. The molecular weight excluding hydrogens is 448 g/mol. The zero-order valence-electron chi connectivity index (χ0n) is 16.1. The summed E-state index contributed by atoms with van der Waals surface area (Å²) in [4.78, 5) is 12.2. The molecule has 0 saturated heterocycles. The van der Waals surface area contributed by atoms with Gasteiger partial charge in [0, 0.05) is 10.6 Å². The average Bonchev–Trinajstić information content (AvgIpc) is 3.17. The largest absolute Gasteiger partial charge is 0.492 e. The van der Waals surface area contributed by atoms with Crippen LogP contribution < -0.4 is 14.8 Å². The number of carbonyl (C=O) groups is 1. The van der Waals surface area contributed by atoms with Crippen LogP contribution in [0.25, 0.3) is 0 Å². The lowest BCUT2D eigenvalue weighted by Crippen LogP contribution is -2.36. The first-order valence-electron chi connectivity index (χ1n) is 8.86. The minimum absolute atomic E-state index is 0.0686. The number of amides is 1. The van der Waals surface area contributed by atoms with Crippen LogP contribution in [-0.4, -0.2) is 37.2 Å². The van der Waals surface area contributed by atoms with Crippen LogP contribution >= 0.6 is 22.9 Å². The Morgan fingerprint density at radius 3 is 2.57 bits per heavy atom. The molecule has 11 heteroatoms. The molecule has 0 bridgehead atoms. The van der Waals surface area contributed by atoms with Crippen molar-refractivity contribution in [3.05, 3.63) is 64.7 Å². The van der Waals surface area contributed by atoms with Crippen LogP contribution in [0.4, 0.5) is 5.13 Å². The number of ether oxygens (including phenoxy) is 1. The van der Waals surface area contributed by atoms with Gasteiger partial charge < -0.3 is 4.74 Å². The summed E-state index contributed by atoms with van der Waals surface area (Å²) in [5.41, 5.74) is 1.32. The van der Waals surface area contributed by atoms with Crippen LogP contribution in [0.5, 0.6) is 5.75 Å². The molecule has 1 amide bonds. The van der Waals surface area contributed by atoms with E-state index in [0.29, 0.717) is 16.3 Å². The minimum atomic E-state index is -3.91. The van der Waals surface area contributed by atoms with Crippen molar-refractivity contribution in [3.63, 3.8) is 0 Å². The van der Waals surface area contributed by atoms with Gasteiger partial charge in [-0.1, -0.05) is 41.1 Å². The van der Waals surface area contributed by atoms with Crippen molar-refractivity contribution in [2.45, 2.75) is 24.2 Å². The summed E-state index contributed by atoms with van der Waals surface area (Å²) < 4.78 is 33.0. The fraction of sp³-hybridized carbons (Fsp3) is 0.211. The van der Waals surface area contributed by atoms with Gasteiger partial charge in [0.05, 0.1) is 6.04 Å². The number of benzene rings is 2. The van der Waals surface area contributed by atoms with E-state index in [-0.39, 0.29) is 16.1 Å². The molecule has 0 aliphatic heterocycles. The molecule has 0 aliphatic carbocycles. The molecule has 30 heavy (non-hydrogen) atoms. The van der Waals surface area contributed by atoms with Crippen molar-refractivity contribution < 1.29 is 17.9 Å². The van der Waals surface area contributed by atoms with Crippen molar-refractivity contribution in [2.24, 2.45) is 0 Å². The molecule has 0 spiro atoms. The first-order valence-corrected chi connectivity index (χ1v) is 11.5. The van der Waals surface area contributed by atoms with Crippen molar-refractivity contribution in [1.82, 2.24) is 14.9 Å². The quantitative estimate of drug-likeness (QED) is 0.491. The van der Waals surface area contributed by atoms with E-state index in [4.69, 9.17) is 16.3 Å². The number of rotatable bonds is 8. The monoisotopic (exact) mass is 466 g/mol. The van der Waals surface area contributed by atoms with Gasteiger partial charge in [-0.2, -0.15) is 0 Å². The van der Waals surface area contributed by atoms with E-state index in [2.05, 4.69) is 20.2 Å². The molecule has 1 atom stereocenters. The van der Waals surface area contributed by atoms with E-state index in [1.165, 1.54) is 0 Å². The molecule has 8 nitrogen and oxygen atoms in total. The predicted molar refractivity (Wildman–Crippen MR) is 116 cm³/mol. The molecule has 158 valence electrons. The number of nitrogens with one attached hydrogen (secondary N) is 2. The number of aromatic nitrogens is 2. The Labute approximate surface area is 183 Å². The minimum Gasteiger partial charge on any atom is -0.492 e. The van der Waals surface area contributed by atoms with Crippen LogP contribution in [0.3, 0.4) is 0 Å². The molecule has 0 saturated carbocycles. The van der Waals surface area contributed by atoms with E-state index in [1.807, 2.05) is 31.2 Å². The molecule has 2 N–H and O–H groups in total. The first-order chi connectivity index (χ1) is 14.2. The Hall–Kier alpha value is -2.53. The molecule has 3 rings (SSSR count). The van der Waals surface area contributed by atoms with Gasteiger partial charge in [-0.05, 0) is 49.7 Å². The smallest absolute Gasteiger partial charge is 0.270 e. The lowest BCUT2D eigenvalue weighted by Gasteiger charge is -2.15. The molecular formula is C19H19ClN4O4S2. The lowest BCUT2D eigenvalue weighted by molar-refractivity contribution is 0.102. The highest BCUT2D eigenvalue weighted by Crippen LogP contribution is 2.21. The summed E-state index contributed by atoms with van der Waals surface area (Å²) in [6, 6.07) is 13.2. The Morgan fingerprint density at radius 2 is 1.87 bits per heavy atom. The van der Waals surface area contributed by atoms with E-state index in [9.17, 15) is 13.2 Å². The van der Waals surface area contributed by atoms with Gasteiger partial charge in [-0.15, -0.1) is 10.2 Å². The van der Waals surface area contributed by atoms with E-state index in [0.717, 1.165) is 16.9 Å². The molecule has 1 heterocycles. The highest BCUT2D eigenvalue weighted by Gasteiger charge is 2.23. The third-order valence-electron chi connectivity index (χ3n) is 3.90. The lowest BCUT2D eigenvalue weighted by atomic mass is 10.2. The molecule has 1 unspecified atom stereocenters. The van der Waals surface area contributed by atoms with Crippen molar-refractivity contribution in [3.8, 4) is 5.75 Å². The summed E-state index contributed by atoms with van der Waals surface area (Å²) in [6.45, 7) is 3.73. The fourth-order valence-electron chi connectivity index (χ4n) is 2.42. The molecule has 2 aromatic carbocycles. The second-order valence-corrected chi connectivity index (χ2v) is 9.73. The number of halogens is 1. The number of aryl methyl sites for hydroxylation is 1. The topological polar surface area (TPSA) is 110 Å². The van der Waals surface area contributed by atoms with Gasteiger partial charge in [0.25, 0.3) is 15.9 Å². The van der Waals surface area contributed by atoms with Crippen LogP contribution in [-0.2, 0) is 10.0 Å². The van der Waals surface area contributed by atoms with Crippen LogP contribution in [0.2, 0.25) is 5.02 Å². The number of sulfonamides is 1. The van der Waals surface area contributed by atoms with Gasteiger partial charge in [0.1, 0.15) is 12.4 Å². The van der Waals surface area contributed by atoms with Gasteiger partial charge >= 0.3 is 0 Å². The number of anilines is 1. The standard InChI is InChI=1S/C19H19ClN4O4S2/c1-12-5-3-4-6-16(12)28-11-13(2)24-30(26,27)19-23-22-18(29-19)21-17(25)14-7-9-15(20)10-8-14/h3-10,13,24H,11H2,1-2H3,(H,21,22,25). The summed E-state index contributed by atoms with van der Waals surface area (Å²) in [5.74, 6) is 0.242. The molecule has 0 aliphatic rings. The zero-order valence-corrected chi connectivity index (χ0v) is 18.5. The van der Waals surface area contributed by atoms with Gasteiger partial charge in [-0.25, -0.2) is 13.1 Å². The summed E-state index contributed by atoms with van der Waals surface area (Å²) >= 11 is 6.56. The SMILES string of the molecule is Cc1ccccc1OCC(C)NS(=O)(=O)c1nnc(NC(=O)c2ccc(Cl)cc2)s1. The maximum Gasteiger partial charge on any atom is 0.270 e. The summed E-state index contributed by atoms with van der Waals surface area (Å²) in [7, 11) is -3.91. The Bertz CT molecular complexity index is 1130. The van der Waals surface area contributed by atoms with Crippen LogP contribution in [0.15, 0.2) is 52.9 Å². The summed E-state index contributed by atoms with van der Waals surface area (Å²) in [6.07, 6.45) is 0. The van der Waals surface area contributed by atoms with E-state index >= 15 is 0 Å². The second-order valence-electron chi connectivity index (χ2n) is 6.43. The maximum absolute atomic E-state index is 12.5. The maximum atomic E-state index is 12.5. The average molecular weight is 467 g/mol. The molecule has 0 fully saturated rings. The predicted octanol–water partition coefficient (Wildman–Crippen LogP) is 3.50. The Balaban J connectivity index is 1.59. The van der Waals surface area contributed by atoms with E-state index in [1.54, 1.807) is 31.2 Å². The van der Waals surface area contributed by atoms with Gasteiger partial charge in [0.2, 0.25) is 9.47 Å². The van der Waals surface area contributed by atoms with Crippen molar-refractivity contribution in [1.29, 1.82) is 0 Å². The Kier molecular flexibility index (Phi) is 7.03. The van der Waals surface area contributed by atoms with Crippen molar-refractivity contribution in [2.75, 3.05) is 11.9 Å². The van der Waals surface area contributed by atoms with E-state index < -0.39 is 22.0 Å². The third-order valence-corrected chi connectivity index (χ3v) is 6.95. The third kappa shape index (κ3) is 5.76. The molecule has 3 aromatic rings. The highest BCUT2D eigenvalue weighted by atomic mass is 35.5. The normalized spacial score (nSPS) is 12.4. The number of nitrogens with zero attached hydrogens (tertiary/aromatic N) is 2. The van der Waals surface area contributed by atoms with Gasteiger partial charge in [-0.3, -0.25) is 10.1 Å². The summed E-state index contributed by atoms with van der Waals surface area (Å²) in [5, 5.41) is 10.5. The Morgan fingerprint density at radius 1 is 1.17 bits per heavy atom. The molecule has 1 aromatic heterocycles. The fourth-order valence-corrected chi connectivity index (χ4v) is 4.69. The first kappa shape index (κ1) is 22.2. The second kappa shape index (κ2) is 9.52. The van der Waals surface area contributed by atoms with Crippen molar-refractivity contribution >= 4 is 44.0 Å². The number of para-hydroxylation sites is 1. The van der Waals surface area contributed by atoms with Gasteiger partial charge in [0.15, 0.2) is 0 Å². The molecule has 0 radical (unpaired) electrons. The van der Waals surface area contributed by atoms with Crippen LogP contribution in [0, 0.1) is 6.92 Å². The van der Waals surface area contributed by atoms with Crippen LogP contribution in [0.1, 0.15) is 22.8 Å².